The summed E-state index contributed by atoms with van der Waals surface area (Å²) in [6.07, 6.45) is 0. The Morgan fingerprint density at radius 2 is 1.55 bits per heavy atom. The van der Waals surface area contributed by atoms with Crippen LogP contribution in [0.15, 0.2) is 24.7 Å². The zero-order valence-corrected chi connectivity index (χ0v) is 13.1. The summed E-state index contributed by atoms with van der Waals surface area (Å²) >= 11 is 0. The summed E-state index contributed by atoms with van der Waals surface area (Å²) in [5.41, 5.74) is 2.38. The summed E-state index contributed by atoms with van der Waals surface area (Å²) in [6.45, 7) is 16.2. The molecule has 1 aromatic carbocycles. The Labute approximate surface area is 120 Å². The van der Waals surface area contributed by atoms with Gasteiger partial charge in [0, 0.05) is 5.56 Å². The van der Waals surface area contributed by atoms with E-state index in [1.807, 2.05) is 6.07 Å². The number of ether oxygens (including phenoxy) is 2. The average molecular weight is 274 g/mol. The fraction of sp³-hybridized carbons (Fsp3) is 0.471. The molecule has 3 heteroatoms. The van der Waals surface area contributed by atoms with E-state index in [0.29, 0.717) is 11.3 Å². The molecule has 0 saturated carbocycles. The molecule has 0 bridgehead atoms. The number of cyclic esters (lactones) is 1. The molecule has 3 nitrogen and oxygen atoms in total. The van der Waals surface area contributed by atoms with Crippen LogP contribution in [0.2, 0.25) is 0 Å². The monoisotopic (exact) mass is 274 g/mol. The largest absolute Gasteiger partial charge is 0.425 e. The van der Waals surface area contributed by atoms with Crippen molar-refractivity contribution >= 4 is 5.97 Å². The highest BCUT2D eigenvalue weighted by Crippen LogP contribution is 2.41. The Hall–Kier alpha value is -1.77. The number of hydrogen-bond donors (Lipinski definition) is 0. The average Bonchev–Trinajstić information content (AvgIpc) is 2.24. The number of rotatable bonds is 0. The molecule has 0 atom stereocenters. The van der Waals surface area contributed by atoms with Crippen molar-refractivity contribution in [2.75, 3.05) is 0 Å². The van der Waals surface area contributed by atoms with Crippen LogP contribution >= 0.6 is 0 Å². The van der Waals surface area contributed by atoms with Gasteiger partial charge in [0.05, 0.1) is 0 Å². The highest BCUT2D eigenvalue weighted by Gasteiger charge is 2.32. The van der Waals surface area contributed by atoms with Gasteiger partial charge in [0.15, 0.2) is 0 Å². The maximum absolute atomic E-state index is 12.1. The molecule has 0 fully saturated rings. The number of esters is 1. The topological polar surface area (TPSA) is 35.5 Å². The van der Waals surface area contributed by atoms with E-state index in [0.717, 1.165) is 11.1 Å². The summed E-state index contributed by atoms with van der Waals surface area (Å²) in [7, 11) is 0. The number of carbonyl (C=O) groups excluding carboxylic acids is 1. The standard InChI is InChI=1S/C17H22O3/c1-10-19-14-12(15(18)20-10)8-11(16(2,3)4)9-13(14)17(5,6)7/h8-9H,1H2,2-7H3. The molecular formula is C17H22O3. The molecule has 1 heterocycles. The predicted molar refractivity (Wildman–Crippen MR) is 79.0 cm³/mol. The summed E-state index contributed by atoms with van der Waals surface area (Å²) in [6, 6.07) is 3.98. The van der Waals surface area contributed by atoms with E-state index in [1.54, 1.807) is 0 Å². The summed E-state index contributed by atoms with van der Waals surface area (Å²) in [4.78, 5) is 12.1. The van der Waals surface area contributed by atoms with Crippen LogP contribution in [0.5, 0.6) is 5.75 Å². The molecule has 1 aliphatic rings. The van der Waals surface area contributed by atoms with E-state index in [4.69, 9.17) is 9.47 Å². The van der Waals surface area contributed by atoms with E-state index < -0.39 is 5.97 Å². The van der Waals surface area contributed by atoms with E-state index in [9.17, 15) is 4.79 Å². The second-order valence-corrected chi connectivity index (χ2v) is 7.26. The molecule has 108 valence electrons. The van der Waals surface area contributed by atoms with Gasteiger partial charge in [0.2, 0.25) is 0 Å². The summed E-state index contributed by atoms with van der Waals surface area (Å²) < 4.78 is 10.6. The third-order valence-electron chi connectivity index (χ3n) is 3.41. The first kappa shape index (κ1) is 14.6. The fourth-order valence-corrected chi connectivity index (χ4v) is 2.17. The van der Waals surface area contributed by atoms with Gasteiger partial charge in [-0.2, -0.15) is 0 Å². The van der Waals surface area contributed by atoms with Crippen LogP contribution in [0.3, 0.4) is 0 Å². The molecular weight excluding hydrogens is 252 g/mol. The zero-order valence-electron chi connectivity index (χ0n) is 13.1. The number of hydrogen-bond acceptors (Lipinski definition) is 3. The minimum atomic E-state index is -0.396. The predicted octanol–water partition coefficient (Wildman–Crippen LogP) is 4.30. The highest BCUT2D eigenvalue weighted by molar-refractivity contribution is 5.95. The van der Waals surface area contributed by atoms with E-state index in [-0.39, 0.29) is 16.8 Å². The number of fused-ring (bicyclic) bond motifs is 1. The molecule has 0 aliphatic carbocycles. The maximum Gasteiger partial charge on any atom is 0.349 e. The Kier molecular flexibility index (Phi) is 3.20. The smallest absolute Gasteiger partial charge is 0.349 e. The van der Waals surface area contributed by atoms with E-state index >= 15 is 0 Å². The highest BCUT2D eigenvalue weighted by atomic mass is 16.7. The first-order chi connectivity index (χ1) is 9.00. The minimum Gasteiger partial charge on any atom is -0.425 e. The quantitative estimate of drug-likeness (QED) is 0.662. The van der Waals surface area contributed by atoms with Gasteiger partial charge in [-0.05, 0) is 29.0 Å². The van der Waals surface area contributed by atoms with Crippen LogP contribution in [0.25, 0.3) is 0 Å². The van der Waals surface area contributed by atoms with Crippen molar-refractivity contribution in [3.8, 4) is 5.75 Å². The molecule has 0 saturated heterocycles. The lowest BCUT2D eigenvalue weighted by molar-refractivity contribution is 0.0409. The molecule has 0 aromatic heterocycles. The molecule has 0 amide bonds. The van der Waals surface area contributed by atoms with Crippen molar-refractivity contribution in [2.24, 2.45) is 0 Å². The first-order valence-electron chi connectivity index (χ1n) is 6.78. The van der Waals surface area contributed by atoms with Gasteiger partial charge < -0.3 is 9.47 Å². The Balaban J connectivity index is 2.76. The van der Waals surface area contributed by atoms with Crippen LogP contribution in [0, 0.1) is 0 Å². The molecule has 0 radical (unpaired) electrons. The molecule has 0 N–H and O–H groups in total. The van der Waals surface area contributed by atoms with Crippen molar-refractivity contribution in [1.82, 2.24) is 0 Å². The second kappa shape index (κ2) is 4.37. The van der Waals surface area contributed by atoms with Gasteiger partial charge >= 0.3 is 5.97 Å². The molecule has 1 aromatic rings. The lowest BCUT2D eigenvalue weighted by Crippen LogP contribution is -2.24. The fourth-order valence-electron chi connectivity index (χ4n) is 2.17. The van der Waals surface area contributed by atoms with Gasteiger partial charge in [-0.1, -0.05) is 47.6 Å². The normalized spacial score (nSPS) is 15.5. The van der Waals surface area contributed by atoms with Crippen molar-refractivity contribution < 1.29 is 14.3 Å². The lowest BCUT2D eigenvalue weighted by Gasteiger charge is -2.30. The Morgan fingerprint density at radius 3 is 2.05 bits per heavy atom. The van der Waals surface area contributed by atoms with Crippen molar-refractivity contribution in [1.29, 1.82) is 0 Å². The second-order valence-electron chi connectivity index (χ2n) is 7.26. The van der Waals surface area contributed by atoms with Gasteiger partial charge in [-0.25, -0.2) is 4.79 Å². The van der Waals surface area contributed by atoms with Crippen LogP contribution in [-0.2, 0) is 15.6 Å². The van der Waals surface area contributed by atoms with Crippen molar-refractivity contribution in [2.45, 2.75) is 52.4 Å². The lowest BCUT2D eigenvalue weighted by atomic mass is 9.79. The van der Waals surface area contributed by atoms with Crippen molar-refractivity contribution in [3.05, 3.63) is 41.3 Å². The first-order valence-corrected chi connectivity index (χ1v) is 6.78. The Morgan fingerprint density at radius 1 is 0.950 bits per heavy atom. The zero-order chi connectivity index (χ0) is 15.3. The minimum absolute atomic E-state index is 0.0384. The van der Waals surface area contributed by atoms with Crippen LogP contribution in [-0.4, -0.2) is 5.97 Å². The van der Waals surface area contributed by atoms with Gasteiger partial charge in [0.1, 0.15) is 11.3 Å². The maximum atomic E-state index is 12.1. The molecule has 20 heavy (non-hydrogen) atoms. The van der Waals surface area contributed by atoms with Crippen LogP contribution < -0.4 is 4.74 Å². The third kappa shape index (κ3) is 2.58. The van der Waals surface area contributed by atoms with E-state index in [1.165, 1.54) is 0 Å². The SMILES string of the molecule is C=C1OC(=O)c2cc(C(C)(C)C)cc(C(C)(C)C)c2O1. The van der Waals surface area contributed by atoms with Crippen LogP contribution in [0.4, 0.5) is 0 Å². The van der Waals surface area contributed by atoms with Crippen LogP contribution in [0.1, 0.15) is 63.0 Å². The molecule has 0 unspecified atom stereocenters. The molecule has 0 spiro atoms. The summed E-state index contributed by atoms with van der Waals surface area (Å²) in [5.74, 6) is 0.219. The molecule has 2 rings (SSSR count). The number of carbonyl (C=O) groups is 1. The summed E-state index contributed by atoms with van der Waals surface area (Å²) in [5, 5.41) is 0. The Bertz CT molecular complexity index is 583. The van der Waals surface area contributed by atoms with Gasteiger partial charge in [0.25, 0.3) is 5.95 Å². The van der Waals surface area contributed by atoms with Gasteiger partial charge in [-0.3, -0.25) is 0 Å². The van der Waals surface area contributed by atoms with E-state index in [2.05, 4.69) is 54.2 Å². The molecule has 1 aliphatic heterocycles. The number of benzene rings is 1. The van der Waals surface area contributed by atoms with Gasteiger partial charge in [-0.15, -0.1) is 0 Å². The van der Waals surface area contributed by atoms with Crippen molar-refractivity contribution in [3.63, 3.8) is 0 Å². The third-order valence-corrected chi connectivity index (χ3v) is 3.41.